The van der Waals surface area contributed by atoms with Gasteiger partial charge in [0.2, 0.25) is 0 Å². The first-order valence-corrected chi connectivity index (χ1v) is 11.9. The number of hydrogen-bond donors (Lipinski definition) is 1. The Morgan fingerprint density at radius 3 is 2.79 bits per heavy atom. The van der Waals surface area contributed by atoms with Crippen molar-refractivity contribution in [1.82, 2.24) is 14.7 Å². The van der Waals surface area contributed by atoms with Crippen molar-refractivity contribution >= 4 is 11.6 Å². The molecule has 0 amide bonds. The number of aliphatic hydroxyl groups is 1. The summed E-state index contributed by atoms with van der Waals surface area (Å²) in [6.45, 7) is 5.52. The number of aryl methyl sites for hydroxylation is 1. The van der Waals surface area contributed by atoms with Crippen LogP contribution in [-0.4, -0.2) is 58.8 Å². The number of likely N-dealkylation sites (tertiary alicyclic amines) is 1. The van der Waals surface area contributed by atoms with Gasteiger partial charge in [0.25, 0.3) is 0 Å². The van der Waals surface area contributed by atoms with Crippen LogP contribution in [-0.2, 0) is 13.1 Å². The average molecular weight is 486 g/mol. The van der Waals surface area contributed by atoms with E-state index in [0.717, 1.165) is 24.1 Å². The summed E-state index contributed by atoms with van der Waals surface area (Å²) in [5.74, 6) is 2.01. The van der Waals surface area contributed by atoms with Crippen LogP contribution >= 0.6 is 11.6 Å². The fourth-order valence-electron chi connectivity index (χ4n) is 4.26. The third kappa shape index (κ3) is 6.44. The molecule has 0 spiro atoms. The fraction of sp³-hybridized carbons (Fsp3) is 0.423. The molecule has 0 saturated carbocycles. The van der Waals surface area contributed by atoms with Crippen LogP contribution in [0.5, 0.6) is 17.2 Å². The maximum Gasteiger partial charge on any atom is 0.161 e. The molecule has 1 atom stereocenters. The third-order valence-electron chi connectivity index (χ3n) is 5.99. The lowest BCUT2D eigenvalue weighted by atomic mass is 9.93. The van der Waals surface area contributed by atoms with Crippen molar-refractivity contribution in [3.63, 3.8) is 0 Å². The molecule has 7 nitrogen and oxygen atoms in total. The maximum atomic E-state index is 11.2. The van der Waals surface area contributed by atoms with Crippen LogP contribution in [0.3, 0.4) is 0 Å². The standard InChI is InChI=1S/C26H32ClN3O4/c1-20-5-7-22(27)24(15-20)34-19-26(31)9-3-11-29(18-26)17-21-6-8-23(25(16-21)32-2)33-14-13-30-12-4-10-28-30/h4-8,10,12,15-16,31H,3,9,11,13-14,17-19H2,1-2H3. The number of ether oxygens (including phenoxy) is 3. The molecule has 0 aliphatic carbocycles. The zero-order valence-corrected chi connectivity index (χ0v) is 20.5. The zero-order chi connectivity index (χ0) is 24.0. The number of nitrogens with zero attached hydrogens (tertiary/aromatic N) is 3. The molecule has 4 rings (SSSR count). The molecule has 0 bridgehead atoms. The first-order chi connectivity index (χ1) is 16.4. The Labute approximate surface area is 205 Å². The van der Waals surface area contributed by atoms with Crippen molar-refractivity contribution in [3.05, 3.63) is 71.0 Å². The van der Waals surface area contributed by atoms with Crippen molar-refractivity contribution in [2.45, 2.75) is 38.5 Å². The monoisotopic (exact) mass is 485 g/mol. The Balaban J connectivity index is 1.33. The molecule has 0 radical (unpaired) electrons. The highest BCUT2D eigenvalue weighted by Gasteiger charge is 2.34. The molecule has 2 heterocycles. The van der Waals surface area contributed by atoms with Crippen LogP contribution < -0.4 is 14.2 Å². The number of halogens is 1. The van der Waals surface area contributed by atoms with Gasteiger partial charge in [0.1, 0.15) is 24.6 Å². The molecule has 34 heavy (non-hydrogen) atoms. The number of aromatic nitrogens is 2. The van der Waals surface area contributed by atoms with E-state index < -0.39 is 5.60 Å². The Hall–Kier alpha value is -2.74. The van der Waals surface area contributed by atoms with Gasteiger partial charge in [-0.2, -0.15) is 5.10 Å². The summed E-state index contributed by atoms with van der Waals surface area (Å²) >= 11 is 6.25. The highest BCUT2D eigenvalue weighted by atomic mass is 35.5. The van der Waals surface area contributed by atoms with E-state index in [1.807, 2.05) is 60.3 Å². The van der Waals surface area contributed by atoms with E-state index >= 15 is 0 Å². The minimum atomic E-state index is -0.926. The van der Waals surface area contributed by atoms with Gasteiger partial charge >= 0.3 is 0 Å². The van der Waals surface area contributed by atoms with Gasteiger partial charge in [-0.05, 0) is 67.8 Å². The van der Waals surface area contributed by atoms with E-state index in [9.17, 15) is 5.11 Å². The summed E-state index contributed by atoms with van der Waals surface area (Å²) in [5, 5.41) is 15.9. The van der Waals surface area contributed by atoms with Gasteiger partial charge in [-0.3, -0.25) is 9.58 Å². The van der Waals surface area contributed by atoms with Crippen molar-refractivity contribution in [3.8, 4) is 17.2 Å². The summed E-state index contributed by atoms with van der Waals surface area (Å²) in [7, 11) is 1.65. The van der Waals surface area contributed by atoms with E-state index in [4.69, 9.17) is 25.8 Å². The molecule has 8 heteroatoms. The first-order valence-electron chi connectivity index (χ1n) is 11.5. The minimum absolute atomic E-state index is 0.207. The molecule has 1 aliphatic heterocycles. The number of methoxy groups -OCH3 is 1. The fourth-order valence-corrected chi connectivity index (χ4v) is 4.43. The molecule has 2 aromatic carbocycles. The number of hydrogen-bond acceptors (Lipinski definition) is 6. The minimum Gasteiger partial charge on any atom is -0.493 e. The zero-order valence-electron chi connectivity index (χ0n) is 19.7. The normalized spacial score (nSPS) is 18.6. The van der Waals surface area contributed by atoms with Crippen molar-refractivity contribution in [2.75, 3.05) is 33.4 Å². The lowest BCUT2D eigenvalue weighted by Gasteiger charge is -2.39. The van der Waals surface area contributed by atoms with Crippen molar-refractivity contribution in [1.29, 1.82) is 0 Å². The van der Waals surface area contributed by atoms with Crippen LogP contribution in [0.4, 0.5) is 0 Å². The SMILES string of the molecule is COc1cc(CN2CCCC(O)(COc3cc(C)ccc3Cl)C2)ccc1OCCn1cccn1. The number of β-amino-alcohol motifs (C(OH)–C–C–N with tert-alkyl or cyclic N) is 1. The number of benzene rings is 2. The van der Waals surface area contributed by atoms with Crippen LogP contribution in [0.25, 0.3) is 0 Å². The summed E-state index contributed by atoms with van der Waals surface area (Å²) in [6, 6.07) is 13.5. The number of rotatable bonds is 10. The molecule has 1 unspecified atom stereocenters. The molecular formula is C26H32ClN3O4. The van der Waals surface area contributed by atoms with Gasteiger partial charge in [0.05, 0.1) is 18.7 Å². The largest absolute Gasteiger partial charge is 0.493 e. The second-order valence-corrected chi connectivity index (χ2v) is 9.27. The summed E-state index contributed by atoms with van der Waals surface area (Å²) in [4.78, 5) is 2.25. The van der Waals surface area contributed by atoms with E-state index in [-0.39, 0.29) is 6.61 Å². The van der Waals surface area contributed by atoms with E-state index in [0.29, 0.717) is 54.9 Å². The maximum absolute atomic E-state index is 11.2. The molecule has 3 aromatic rings. The van der Waals surface area contributed by atoms with Gasteiger partial charge in [-0.15, -0.1) is 0 Å². The van der Waals surface area contributed by atoms with Gasteiger partial charge in [0, 0.05) is 25.5 Å². The van der Waals surface area contributed by atoms with Crippen LogP contribution in [0, 0.1) is 6.92 Å². The Morgan fingerprint density at radius 2 is 2.00 bits per heavy atom. The highest BCUT2D eigenvalue weighted by Crippen LogP contribution is 2.31. The van der Waals surface area contributed by atoms with Crippen LogP contribution in [0.15, 0.2) is 54.9 Å². The van der Waals surface area contributed by atoms with Gasteiger partial charge < -0.3 is 19.3 Å². The lowest BCUT2D eigenvalue weighted by Crippen LogP contribution is -2.51. The van der Waals surface area contributed by atoms with Gasteiger partial charge in [-0.1, -0.05) is 23.7 Å². The van der Waals surface area contributed by atoms with Crippen LogP contribution in [0.2, 0.25) is 5.02 Å². The number of piperidine rings is 1. The second kappa shape index (κ2) is 11.1. The summed E-state index contributed by atoms with van der Waals surface area (Å²) in [5.41, 5.74) is 1.24. The third-order valence-corrected chi connectivity index (χ3v) is 6.30. The Kier molecular flexibility index (Phi) is 7.98. The quantitative estimate of drug-likeness (QED) is 0.460. The topological polar surface area (TPSA) is 69.0 Å². The predicted octanol–water partition coefficient (Wildman–Crippen LogP) is 4.34. The molecule has 1 N–H and O–H groups in total. The first kappa shape index (κ1) is 24.4. The molecule has 1 saturated heterocycles. The Morgan fingerprint density at radius 1 is 1.12 bits per heavy atom. The molecule has 1 fully saturated rings. The van der Waals surface area contributed by atoms with E-state index in [2.05, 4.69) is 10.00 Å². The van der Waals surface area contributed by atoms with Crippen molar-refractivity contribution < 1.29 is 19.3 Å². The predicted molar refractivity (Wildman–Crippen MR) is 132 cm³/mol. The van der Waals surface area contributed by atoms with Gasteiger partial charge in [-0.25, -0.2) is 0 Å². The summed E-state index contributed by atoms with van der Waals surface area (Å²) in [6.07, 6.45) is 5.25. The summed E-state index contributed by atoms with van der Waals surface area (Å²) < 4.78 is 19.2. The van der Waals surface area contributed by atoms with E-state index in [1.165, 1.54) is 0 Å². The molecule has 1 aromatic heterocycles. The smallest absolute Gasteiger partial charge is 0.161 e. The molecule has 182 valence electrons. The lowest BCUT2D eigenvalue weighted by molar-refractivity contribution is -0.0621. The van der Waals surface area contributed by atoms with Gasteiger partial charge in [0.15, 0.2) is 11.5 Å². The molecular weight excluding hydrogens is 454 g/mol. The average Bonchev–Trinajstić information content (AvgIpc) is 3.34. The van der Waals surface area contributed by atoms with Crippen molar-refractivity contribution in [2.24, 2.45) is 0 Å². The second-order valence-electron chi connectivity index (χ2n) is 8.86. The van der Waals surface area contributed by atoms with Crippen LogP contribution in [0.1, 0.15) is 24.0 Å². The van der Waals surface area contributed by atoms with E-state index in [1.54, 1.807) is 13.3 Å². The molecule has 1 aliphatic rings. The highest BCUT2D eigenvalue weighted by molar-refractivity contribution is 6.32. The Bertz CT molecular complexity index is 1080.